The van der Waals surface area contributed by atoms with Crippen molar-refractivity contribution < 1.29 is 0 Å². The molecule has 0 fully saturated rings. The largest absolute Gasteiger partial charge is 0.292 e. The number of rotatable bonds is 7. The summed E-state index contributed by atoms with van der Waals surface area (Å²) in [5.74, 6) is 1.33. The summed E-state index contributed by atoms with van der Waals surface area (Å²) in [4.78, 5) is 22.8. The van der Waals surface area contributed by atoms with Gasteiger partial charge in [-0.15, -0.1) is 10.2 Å². The van der Waals surface area contributed by atoms with Gasteiger partial charge in [-0.05, 0) is 48.4 Å². The predicted molar refractivity (Wildman–Crippen MR) is 131 cm³/mol. The number of fused-ring (bicyclic) bond motifs is 1. The number of unbranched alkanes of at least 4 members (excludes halogenated alkanes) is 1. The lowest BCUT2D eigenvalue weighted by atomic mass is 10.0. The molecular formula is C26H25N7O. The normalized spacial score (nSPS) is 11.2. The van der Waals surface area contributed by atoms with E-state index in [1.165, 1.54) is 0 Å². The second-order valence-corrected chi connectivity index (χ2v) is 8.38. The zero-order valence-electron chi connectivity index (χ0n) is 19.2. The number of aromatic amines is 1. The SMILES string of the molecule is CCCCc1nc2ccc(C)cc2c(=O)n1Cc1ccc(-c2ncccc2-c2nn[nH]n2)cc1. The van der Waals surface area contributed by atoms with E-state index < -0.39 is 0 Å². The van der Waals surface area contributed by atoms with Crippen LogP contribution >= 0.6 is 0 Å². The summed E-state index contributed by atoms with van der Waals surface area (Å²) in [6, 6.07) is 17.7. The number of pyridine rings is 1. The molecule has 8 heteroatoms. The highest BCUT2D eigenvalue weighted by Crippen LogP contribution is 2.27. The lowest BCUT2D eigenvalue weighted by Crippen LogP contribution is -2.26. The van der Waals surface area contributed by atoms with Crippen LogP contribution in [0.15, 0.2) is 65.6 Å². The first-order valence-corrected chi connectivity index (χ1v) is 11.4. The van der Waals surface area contributed by atoms with Crippen LogP contribution in [-0.4, -0.2) is 35.2 Å². The molecule has 0 saturated carbocycles. The van der Waals surface area contributed by atoms with Crippen LogP contribution in [0.25, 0.3) is 33.5 Å². The minimum atomic E-state index is 0.00741. The van der Waals surface area contributed by atoms with Crippen molar-refractivity contribution in [3.8, 4) is 22.6 Å². The van der Waals surface area contributed by atoms with Crippen molar-refractivity contribution in [2.45, 2.75) is 39.7 Å². The molecule has 8 nitrogen and oxygen atoms in total. The number of H-pyrrole nitrogens is 1. The van der Waals surface area contributed by atoms with E-state index in [-0.39, 0.29) is 5.56 Å². The molecule has 0 bridgehead atoms. The van der Waals surface area contributed by atoms with E-state index in [2.05, 4.69) is 32.5 Å². The van der Waals surface area contributed by atoms with Crippen molar-refractivity contribution in [3.05, 3.63) is 88.1 Å². The molecule has 0 aliphatic heterocycles. The lowest BCUT2D eigenvalue weighted by molar-refractivity contribution is 0.646. The van der Waals surface area contributed by atoms with Gasteiger partial charge < -0.3 is 0 Å². The molecule has 2 aromatic carbocycles. The first-order valence-electron chi connectivity index (χ1n) is 11.4. The molecule has 5 aromatic rings. The summed E-state index contributed by atoms with van der Waals surface area (Å²) >= 11 is 0. The third-order valence-electron chi connectivity index (χ3n) is 5.90. The Labute approximate surface area is 196 Å². The van der Waals surface area contributed by atoms with Gasteiger partial charge in [0.2, 0.25) is 5.82 Å². The molecule has 0 spiro atoms. The molecule has 0 aliphatic carbocycles. The molecule has 1 N–H and O–H groups in total. The number of nitrogens with one attached hydrogen (secondary N) is 1. The maximum Gasteiger partial charge on any atom is 0.261 e. The molecule has 0 aliphatic rings. The number of nitrogens with zero attached hydrogens (tertiary/aromatic N) is 6. The average Bonchev–Trinajstić information content (AvgIpc) is 3.40. The van der Waals surface area contributed by atoms with Crippen LogP contribution in [0, 0.1) is 6.92 Å². The standard InChI is InChI=1S/C26H25N7O/c1-3-4-7-23-28-22-13-8-17(2)15-21(22)26(34)33(23)16-18-9-11-19(12-10-18)24-20(6-5-14-27-24)25-29-31-32-30-25/h5-6,8-15H,3-4,7,16H2,1-2H3,(H,29,30,31,32). The van der Waals surface area contributed by atoms with E-state index >= 15 is 0 Å². The van der Waals surface area contributed by atoms with Crippen LogP contribution in [0.5, 0.6) is 0 Å². The van der Waals surface area contributed by atoms with Gasteiger partial charge in [-0.2, -0.15) is 5.21 Å². The Morgan fingerprint density at radius 2 is 1.91 bits per heavy atom. The van der Waals surface area contributed by atoms with Gasteiger partial charge >= 0.3 is 0 Å². The zero-order valence-corrected chi connectivity index (χ0v) is 19.2. The van der Waals surface area contributed by atoms with Gasteiger partial charge in [0.25, 0.3) is 5.56 Å². The second kappa shape index (κ2) is 9.35. The van der Waals surface area contributed by atoms with Gasteiger partial charge in [0.1, 0.15) is 5.82 Å². The molecule has 34 heavy (non-hydrogen) atoms. The van der Waals surface area contributed by atoms with Gasteiger partial charge in [0, 0.05) is 23.7 Å². The highest BCUT2D eigenvalue weighted by molar-refractivity contribution is 5.78. The molecule has 3 aromatic heterocycles. The molecule has 5 rings (SSSR count). The fraction of sp³-hybridized carbons (Fsp3) is 0.231. The van der Waals surface area contributed by atoms with Gasteiger partial charge in [-0.1, -0.05) is 49.2 Å². The van der Waals surface area contributed by atoms with Crippen LogP contribution in [0.3, 0.4) is 0 Å². The Bertz CT molecular complexity index is 1490. The Kier molecular flexibility index (Phi) is 5.95. The van der Waals surface area contributed by atoms with Crippen LogP contribution in [0.2, 0.25) is 0 Å². The first kappa shape index (κ1) is 21.6. The minimum Gasteiger partial charge on any atom is -0.292 e. The number of aromatic nitrogens is 7. The topological polar surface area (TPSA) is 102 Å². The maximum atomic E-state index is 13.4. The van der Waals surface area contributed by atoms with Crippen LogP contribution in [0.4, 0.5) is 0 Å². The quantitative estimate of drug-likeness (QED) is 0.395. The van der Waals surface area contributed by atoms with Crippen molar-refractivity contribution in [1.29, 1.82) is 0 Å². The number of hydrogen-bond acceptors (Lipinski definition) is 6. The van der Waals surface area contributed by atoms with E-state index in [1.54, 1.807) is 6.20 Å². The predicted octanol–water partition coefficient (Wildman–Crippen LogP) is 4.34. The van der Waals surface area contributed by atoms with Gasteiger partial charge in [-0.3, -0.25) is 14.3 Å². The van der Waals surface area contributed by atoms with Crippen molar-refractivity contribution >= 4 is 10.9 Å². The number of benzene rings is 2. The number of tetrazole rings is 1. The summed E-state index contributed by atoms with van der Waals surface area (Å²) in [5, 5.41) is 15.0. The molecule has 0 atom stereocenters. The molecule has 0 amide bonds. The van der Waals surface area contributed by atoms with Crippen molar-refractivity contribution in [1.82, 2.24) is 35.2 Å². The fourth-order valence-electron chi connectivity index (χ4n) is 4.11. The van der Waals surface area contributed by atoms with E-state index in [0.717, 1.165) is 58.6 Å². The minimum absolute atomic E-state index is 0.00741. The van der Waals surface area contributed by atoms with Gasteiger partial charge in [0.05, 0.1) is 23.1 Å². The highest BCUT2D eigenvalue weighted by Gasteiger charge is 2.14. The smallest absolute Gasteiger partial charge is 0.261 e. The molecule has 3 heterocycles. The maximum absolute atomic E-state index is 13.4. The monoisotopic (exact) mass is 451 g/mol. The fourth-order valence-corrected chi connectivity index (χ4v) is 4.11. The Balaban J connectivity index is 1.51. The van der Waals surface area contributed by atoms with Crippen LogP contribution in [0.1, 0.15) is 36.7 Å². The number of aryl methyl sites for hydroxylation is 2. The molecule has 0 saturated heterocycles. The molecule has 170 valence electrons. The summed E-state index contributed by atoms with van der Waals surface area (Å²) in [5.41, 5.74) is 5.36. The van der Waals surface area contributed by atoms with E-state index in [9.17, 15) is 4.79 Å². The third kappa shape index (κ3) is 4.22. The van der Waals surface area contributed by atoms with E-state index in [1.807, 2.05) is 66.1 Å². The first-order chi connectivity index (χ1) is 16.6. The third-order valence-corrected chi connectivity index (χ3v) is 5.90. The highest BCUT2D eigenvalue weighted by atomic mass is 16.1. The number of hydrogen-bond donors (Lipinski definition) is 1. The summed E-state index contributed by atoms with van der Waals surface area (Å²) in [6.07, 6.45) is 4.55. The Morgan fingerprint density at radius 3 is 2.68 bits per heavy atom. The molecule has 0 unspecified atom stereocenters. The van der Waals surface area contributed by atoms with Gasteiger partial charge in [-0.25, -0.2) is 4.98 Å². The lowest BCUT2D eigenvalue weighted by Gasteiger charge is -2.14. The van der Waals surface area contributed by atoms with Crippen LogP contribution < -0.4 is 5.56 Å². The van der Waals surface area contributed by atoms with Crippen LogP contribution in [-0.2, 0) is 13.0 Å². The van der Waals surface area contributed by atoms with Crippen molar-refractivity contribution in [2.75, 3.05) is 0 Å². The molecular weight excluding hydrogens is 426 g/mol. The Morgan fingerprint density at radius 1 is 1.06 bits per heavy atom. The van der Waals surface area contributed by atoms with Crippen molar-refractivity contribution in [2.24, 2.45) is 0 Å². The van der Waals surface area contributed by atoms with E-state index in [0.29, 0.717) is 17.8 Å². The van der Waals surface area contributed by atoms with Crippen molar-refractivity contribution in [3.63, 3.8) is 0 Å². The van der Waals surface area contributed by atoms with Gasteiger partial charge in [0.15, 0.2) is 0 Å². The second-order valence-electron chi connectivity index (χ2n) is 8.38. The Hall–Kier alpha value is -4.20. The summed E-state index contributed by atoms with van der Waals surface area (Å²) in [7, 11) is 0. The summed E-state index contributed by atoms with van der Waals surface area (Å²) in [6.45, 7) is 4.61. The average molecular weight is 452 g/mol. The zero-order chi connectivity index (χ0) is 23.5. The molecule has 0 radical (unpaired) electrons. The summed E-state index contributed by atoms with van der Waals surface area (Å²) < 4.78 is 1.82. The van der Waals surface area contributed by atoms with E-state index in [4.69, 9.17) is 4.98 Å².